The van der Waals surface area contributed by atoms with Gasteiger partial charge >= 0.3 is 7.82 Å². The van der Waals surface area contributed by atoms with Crippen molar-refractivity contribution < 1.29 is 37.3 Å². The topological polar surface area (TPSA) is 90.2 Å². The Morgan fingerprint density at radius 1 is 0.949 bits per heavy atom. The van der Waals surface area contributed by atoms with Crippen molar-refractivity contribution >= 4 is 30.8 Å². The van der Waals surface area contributed by atoms with E-state index in [1.165, 1.54) is 7.11 Å². The highest BCUT2D eigenvalue weighted by Crippen LogP contribution is 2.39. The Labute approximate surface area is 236 Å². The summed E-state index contributed by atoms with van der Waals surface area (Å²) < 4.78 is 41.4. The van der Waals surface area contributed by atoms with Crippen molar-refractivity contribution in [2.24, 2.45) is 0 Å². The molecule has 8 nitrogen and oxygen atoms in total. The smallest absolute Gasteiger partial charge is 0.319 e. The first-order valence-corrected chi connectivity index (χ1v) is 14.9. The minimum absolute atomic E-state index is 0.138. The van der Waals surface area contributed by atoms with Gasteiger partial charge in [0.25, 0.3) is 0 Å². The Morgan fingerprint density at radius 3 is 2.41 bits per heavy atom. The van der Waals surface area contributed by atoms with E-state index in [0.29, 0.717) is 24.8 Å². The van der Waals surface area contributed by atoms with Crippen LogP contribution in [0.3, 0.4) is 0 Å². The Balaban J connectivity index is 1.18. The van der Waals surface area contributed by atoms with E-state index in [9.17, 15) is 9.46 Å². The first kappa shape index (κ1) is 29.2. The number of halogens is 1. The Bertz CT molecular complexity index is 1340. The van der Waals surface area contributed by atoms with Crippen LogP contribution in [0.5, 0.6) is 11.5 Å². The van der Waals surface area contributed by atoms with Gasteiger partial charge in [0.1, 0.15) is 24.2 Å². The number of benzene rings is 3. The minimum Gasteiger partial charge on any atom is -0.746 e. The van der Waals surface area contributed by atoms with E-state index in [4.69, 9.17) is 34.9 Å². The van der Waals surface area contributed by atoms with Crippen molar-refractivity contribution in [2.45, 2.75) is 25.9 Å². The molecule has 0 bridgehead atoms. The molecule has 0 fully saturated rings. The third-order valence-corrected chi connectivity index (χ3v) is 7.40. The van der Waals surface area contributed by atoms with Gasteiger partial charge < -0.3 is 28.2 Å². The lowest BCUT2D eigenvalue weighted by Crippen LogP contribution is -2.30. The average Bonchev–Trinajstić information content (AvgIpc) is 3.44. The van der Waals surface area contributed by atoms with Crippen LogP contribution in [0.2, 0.25) is 5.02 Å². The molecule has 4 aromatic rings. The number of methoxy groups -OCH3 is 1. The van der Waals surface area contributed by atoms with Gasteiger partial charge in [0, 0.05) is 17.7 Å². The van der Waals surface area contributed by atoms with E-state index in [1.54, 1.807) is 29.5 Å². The van der Waals surface area contributed by atoms with E-state index in [0.717, 1.165) is 22.4 Å². The SMILES string of the molecule is COC(COCc1ccc(OCc2ccc(Cl)cc2)cc1)COP(=O)([O-])Oc1cccc(C[n+]2ccsc2)c1. The molecule has 0 saturated carbocycles. The first-order valence-electron chi connectivity index (χ1n) is 12.1. The molecule has 0 N–H and O–H groups in total. The lowest BCUT2D eigenvalue weighted by atomic mass is 10.2. The van der Waals surface area contributed by atoms with E-state index in [1.807, 2.05) is 76.3 Å². The maximum absolute atomic E-state index is 12.4. The third kappa shape index (κ3) is 10.1. The number of phosphoric ester groups is 1. The second kappa shape index (κ2) is 14.6. The molecule has 39 heavy (non-hydrogen) atoms. The summed E-state index contributed by atoms with van der Waals surface area (Å²) in [6.45, 7) is 1.26. The molecule has 1 heterocycles. The van der Waals surface area contributed by atoms with E-state index in [2.05, 4.69) is 0 Å². The van der Waals surface area contributed by atoms with Crippen LogP contribution < -0.4 is 18.7 Å². The summed E-state index contributed by atoms with van der Waals surface area (Å²) in [5, 5.41) is 2.65. The van der Waals surface area contributed by atoms with Gasteiger partial charge in [-0.15, -0.1) is 0 Å². The van der Waals surface area contributed by atoms with Crippen molar-refractivity contribution in [3.05, 3.63) is 112 Å². The highest BCUT2D eigenvalue weighted by atomic mass is 35.5. The molecule has 1 aromatic heterocycles. The summed E-state index contributed by atoms with van der Waals surface area (Å²) in [7, 11) is -3.15. The van der Waals surface area contributed by atoms with Gasteiger partial charge in [0.05, 0.1) is 25.2 Å². The van der Waals surface area contributed by atoms with Crippen molar-refractivity contribution in [2.75, 3.05) is 20.3 Å². The summed E-state index contributed by atoms with van der Waals surface area (Å²) in [6.07, 6.45) is 1.35. The molecule has 0 amide bonds. The highest BCUT2D eigenvalue weighted by molar-refractivity contribution is 7.46. The van der Waals surface area contributed by atoms with Gasteiger partial charge in [0.2, 0.25) is 5.51 Å². The number of rotatable bonds is 15. The summed E-state index contributed by atoms with van der Waals surface area (Å²) in [4.78, 5) is 12.4. The van der Waals surface area contributed by atoms with Crippen molar-refractivity contribution in [1.82, 2.24) is 0 Å². The molecule has 0 spiro atoms. The quantitative estimate of drug-likeness (QED) is 0.135. The van der Waals surface area contributed by atoms with Gasteiger partial charge in [-0.2, -0.15) is 4.57 Å². The van der Waals surface area contributed by atoms with Gasteiger partial charge in [-0.3, -0.25) is 4.57 Å². The van der Waals surface area contributed by atoms with Crippen molar-refractivity contribution in [3.63, 3.8) is 0 Å². The third-order valence-electron chi connectivity index (χ3n) is 5.57. The predicted octanol–water partition coefficient (Wildman–Crippen LogP) is 5.41. The van der Waals surface area contributed by atoms with Crippen LogP contribution in [-0.2, 0) is 38.3 Å². The summed E-state index contributed by atoms with van der Waals surface area (Å²) in [5.74, 6) is 0.922. The molecular formula is C28H29ClNO7PS. The second-order valence-electron chi connectivity index (χ2n) is 8.61. The van der Waals surface area contributed by atoms with E-state index >= 15 is 0 Å². The summed E-state index contributed by atoms with van der Waals surface area (Å²) in [5.41, 5.74) is 4.83. The highest BCUT2D eigenvalue weighted by Gasteiger charge is 2.17. The average molecular weight is 590 g/mol. The molecule has 206 valence electrons. The van der Waals surface area contributed by atoms with E-state index in [-0.39, 0.29) is 19.0 Å². The Kier molecular flexibility index (Phi) is 10.9. The standard InChI is InChI=1S/C28H29ClNO7PS/c1-33-28(19-34-17-22-7-11-26(12-8-22)35-18-23-5-9-25(29)10-6-23)20-36-38(31,32)37-27-4-2-3-24(15-27)16-30-13-14-39-21-30/h2-15,21,28H,16-20H2,1H3. The molecule has 0 aliphatic heterocycles. The second-order valence-corrected chi connectivity index (χ2v) is 11.1. The molecule has 0 aliphatic carbocycles. The van der Waals surface area contributed by atoms with Crippen molar-refractivity contribution in [3.8, 4) is 11.5 Å². The number of hydrogen-bond acceptors (Lipinski definition) is 8. The number of thiazole rings is 1. The lowest BCUT2D eigenvalue weighted by Gasteiger charge is -2.25. The maximum atomic E-state index is 12.4. The molecule has 2 atom stereocenters. The van der Waals surface area contributed by atoms with Crippen LogP contribution >= 0.6 is 30.8 Å². The van der Waals surface area contributed by atoms with Crippen LogP contribution in [0.15, 0.2) is 89.9 Å². The summed E-state index contributed by atoms with van der Waals surface area (Å²) >= 11 is 7.48. The van der Waals surface area contributed by atoms with Gasteiger partial charge in [-0.1, -0.05) is 59.3 Å². The largest absolute Gasteiger partial charge is 0.746 e. The van der Waals surface area contributed by atoms with Gasteiger partial charge in [-0.05, 0) is 47.5 Å². The summed E-state index contributed by atoms with van der Waals surface area (Å²) in [6, 6.07) is 21.9. The normalized spacial score (nSPS) is 13.5. The zero-order valence-electron chi connectivity index (χ0n) is 21.3. The zero-order chi connectivity index (χ0) is 27.5. The molecule has 4 rings (SSSR count). The van der Waals surface area contributed by atoms with Gasteiger partial charge in [-0.25, -0.2) is 0 Å². The van der Waals surface area contributed by atoms with Gasteiger partial charge in [0.15, 0.2) is 12.7 Å². The molecule has 0 radical (unpaired) electrons. The first-order chi connectivity index (χ1) is 18.9. The Morgan fingerprint density at radius 2 is 1.69 bits per heavy atom. The van der Waals surface area contributed by atoms with E-state index < -0.39 is 13.9 Å². The number of aromatic nitrogens is 1. The van der Waals surface area contributed by atoms with Crippen LogP contribution in [0.1, 0.15) is 16.7 Å². The molecular weight excluding hydrogens is 561 g/mol. The molecule has 0 saturated heterocycles. The van der Waals surface area contributed by atoms with Crippen LogP contribution in [-0.4, -0.2) is 26.4 Å². The maximum Gasteiger partial charge on any atom is 0.319 e. The molecule has 11 heteroatoms. The lowest BCUT2D eigenvalue weighted by molar-refractivity contribution is -0.683. The van der Waals surface area contributed by atoms with Crippen LogP contribution in [0.4, 0.5) is 0 Å². The zero-order valence-corrected chi connectivity index (χ0v) is 23.8. The fourth-order valence-electron chi connectivity index (χ4n) is 3.51. The number of ether oxygens (including phenoxy) is 3. The van der Waals surface area contributed by atoms with Crippen LogP contribution in [0.25, 0.3) is 0 Å². The molecule has 0 aliphatic rings. The number of hydrogen-bond donors (Lipinski definition) is 0. The monoisotopic (exact) mass is 589 g/mol. The van der Waals surface area contributed by atoms with Crippen molar-refractivity contribution in [1.29, 1.82) is 0 Å². The fourth-order valence-corrected chi connectivity index (χ4v) is 5.01. The minimum atomic E-state index is -4.61. The molecule has 3 aromatic carbocycles. The Hall–Kier alpha value is -2.75. The number of nitrogens with zero attached hydrogens (tertiary/aromatic N) is 1. The van der Waals surface area contributed by atoms with Crippen LogP contribution in [0, 0.1) is 0 Å². The number of phosphoric acid groups is 1. The molecule has 2 unspecified atom stereocenters. The predicted molar refractivity (Wildman–Crippen MR) is 147 cm³/mol. The fraction of sp³-hybridized carbons (Fsp3) is 0.250.